The topological polar surface area (TPSA) is 49.8 Å². The molecular weight excluding hydrogens is 218 g/mol. The van der Waals surface area contributed by atoms with Crippen molar-refractivity contribution in [2.24, 2.45) is 5.41 Å². The minimum Gasteiger partial charge on any atom is -0.394 e. The number of aliphatic hydroxyl groups is 1. The van der Waals surface area contributed by atoms with E-state index in [0.29, 0.717) is 19.8 Å². The third-order valence-electron chi connectivity index (χ3n) is 2.61. The highest BCUT2D eigenvalue weighted by Gasteiger charge is 2.36. The van der Waals surface area contributed by atoms with Gasteiger partial charge >= 0.3 is 0 Å². The normalized spacial score (nSPS) is 22.9. The van der Waals surface area contributed by atoms with Crippen molar-refractivity contribution >= 4 is 17.5 Å². The zero-order chi connectivity index (χ0) is 11.5. The quantitative estimate of drug-likeness (QED) is 0.724. The fourth-order valence-electron chi connectivity index (χ4n) is 1.52. The molecule has 1 rings (SSSR count). The van der Waals surface area contributed by atoms with Gasteiger partial charge in [0, 0.05) is 12.4 Å². The van der Waals surface area contributed by atoms with Crippen molar-refractivity contribution in [2.45, 2.75) is 19.9 Å². The van der Waals surface area contributed by atoms with Gasteiger partial charge in [-0.25, -0.2) is 0 Å². The Morgan fingerprint density at radius 3 is 2.87 bits per heavy atom. The molecule has 88 valence electrons. The molecular formula is C10H18ClNO3. The number of amides is 1. The molecule has 0 aromatic carbocycles. The van der Waals surface area contributed by atoms with Gasteiger partial charge in [-0.05, 0) is 13.8 Å². The first-order valence-corrected chi connectivity index (χ1v) is 5.62. The van der Waals surface area contributed by atoms with Gasteiger partial charge in [-0.1, -0.05) is 0 Å². The van der Waals surface area contributed by atoms with Crippen LogP contribution in [-0.4, -0.2) is 54.2 Å². The summed E-state index contributed by atoms with van der Waals surface area (Å²) >= 11 is 5.76. The van der Waals surface area contributed by atoms with Crippen molar-refractivity contribution < 1.29 is 14.6 Å². The summed E-state index contributed by atoms with van der Waals surface area (Å²) < 4.78 is 5.21. The number of hydrogen-bond acceptors (Lipinski definition) is 3. The van der Waals surface area contributed by atoms with Gasteiger partial charge in [0.2, 0.25) is 5.91 Å². The number of hydrogen-bond donors (Lipinski definition) is 1. The van der Waals surface area contributed by atoms with Gasteiger partial charge < -0.3 is 14.7 Å². The molecule has 5 heteroatoms. The van der Waals surface area contributed by atoms with Crippen molar-refractivity contribution in [1.29, 1.82) is 0 Å². The summed E-state index contributed by atoms with van der Waals surface area (Å²) in [5.74, 6) is 0.265. The molecule has 0 aliphatic carbocycles. The molecule has 0 saturated carbocycles. The van der Waals surface area contributed by atoms with E-state index in [9.17, 15) is 4.79 Å². The number of aliphatic hydroxyl groups excluding tert-OH is 1. The number of carbonyl (C=O) groups excluding carboxylic acids is 1. The summed E-state index contributed by atoms with van der Waals surface area (Å²) in [5, 5.41) is 9.14. The van der Waals surface area contributed by atoms with Gasteiger partial charge in [0.15, 0.2) is 0 Å². The molecule has 0 bridgehead atoms. The van der Waals surface area contributed by atoms with E-state index in [1.165, 1.54) is 0 Å². The molecule has 1 aliphatic rings. The van der Waals surface area contributed by atoms with Gasteiger partial charge in [-0.3, -0.25) is 4.79 Å². The number of morpholine rings is 1. The smallest absolute Gasteiger partial charge is 0.229 e. The van der Waals surface area contributed by atoms with Crippen molar-refractivity contribution in [3.8, 4) is 0 Å². The molecule has 4 nitrogen and oxygen atoms in total. The number of rotatable bonds is 3. The third kappa shape index (κ3) is 2.83. The van der Waals surface area contributed by atoms with Gasteiger partial charge in [0.1, 0.15) is 0 Å². The Hall–Kier alpha value is -0.320. The SMILES string of the molecule is CC(C)(CCl)C(=O)N1CCOCC1CO. The lowest BCUT2D eigenvalue weighted by molar-refractivity contribution is -0.149. The molecule has 1 saturated heterocycles. The second-order valence-corrected chi connectivity index (χ2v) is 4.69. The molecule has 1 amide bonds. The maximum Gasteiger partial charge on any atom is 0.229 e. The van der Waals surface area contributed by atoms with Gasteiger partial charge in [-0.15, -0.1) is 11.6 Å². The van der Waals surface area contributed by atoms with Crippen LogP contribution in [0.5, 0.6) is 0 Å². The Bertz CT molecular complexity index is 233. The molecule has 1 fully saturated rings. The predicted octanol–water partition coefficient (Wildman–Crippen LogP) is 0.471. The van der Waals surface area contributed by atoms with Crippen LogP contribution in [0, 0.1) is 5.41 Å². The fraction of sp³-hybridized carbons (Fsp3) is 0.900. The van der Waals surface area contributed by atoms with Crippen LogP contribution >= 0.6 is 11.6 Å². The molecule has 0 aromatic heterocycles. The average molecular weight is 236 g/mol. The Balaban J connectivity index is 2.72. The van der Waals surface area contributed by atoms with E-state index in [4.69, 9.17) is 21.4 Å². The maximum atomic E-state index is 12.1. The van der Waals surface area contributed by atoms with Crippen LogP contribution in [0.3, 0.4) is 0 Å². The molecule has 0 aromatic rings. The lowest BCUT2D eigenvalue weighted by Gasteiger charge is -2.38. The first kappa shape index (κ1) is 12.7. The molecule has 15 heavy (non-hydrogen) atoms. The molecule has 1 N–H and O–H groups in total. The molecule has 1 atom stereocenters. The first-order chi connectivity index (χ1) is 7.03. The largest absolute Gasteiger partial charge is 0.394 e. The highest BCUT2D eigenvalue weighted by molar-refractivity contribution is 6.19. The highest BCUT2D eigenvalue weighted by atomic mass is 35.5. The summed E-state index contributed by atoms with van der Waals surface area (Å²) in [6.45, 7) is 5.02. The van der Waals surface area contributed by atoms with E-state index in [1.807, 2.05) is 13.8 Å². The Labute approximate surface area is 95.2 Å². The maximum absolute atomic E-state index is 12.1. The molecule has 1 aliphatic heterocycles. The number of ether oxygens (including phenoxy) is 1. The van der Waals surface area contributed by atoms with Crippen molar-refractivity contribution in [2.75, 3.05) is 32.2 Å². The zero-order valence-corrected chi connectivity index (χ0v) is 9.96. The number of alkyl halides is 1. The molecule has 0 spiro atoms. The molecule has 1 heterocycles. The first-order valence-electron chi connectivity index (χ1n) is 5.08. The number of carbonyl (C=O) groups is 1. The summed E-state index contributed by atoms with van der Waals surface area (Å²) in [6, 6.07) is -0.228. The van der Waals surface area contributed by atoms with E-state index in [1.54, 1.807) is 4.90 Å². The Morgan fingerprint density at radius 2 is 2.33 bits per heavy atom. The highest BCUT2D eigenvalue weighted by Crippen LogP contribution is 2.23. The molecule has 1 unspecified atom stereocenters. The summed E-state index contributed by atoms with van der Waals surface area (Å²) in [4.78, 5) is 13.8. The van der Waals surface area contributed by atoms with E-state index < -0.39 is 5.41 Å². The lowest BCUT2D eigenvalue weighted by Crippen LogP contribution is -2.54. The van der Waals surface area contributed by atoms with E-state index in [2.05, 4.69) is 0 Å². The van der Waals surface area contributed by atoms with Gasteiger partial charge in [0.05, 0.1) is 31.3 Å². The Kier molecular flexibility index (Phi) is 4.37. The number of halogens is 1. The second kappa shape index (κ2) is 5.14. The van der Waals surface area contributed by atoms with Crippen LogP contribution in [0.15, 0.2) is 0 Å². The lowest BCUT2D eigenvalue weighted by atomic mass is 9.93. The van der Waals surface area contributed by atoms with Crippen LogP contribution in [0.4, 0.5) is 0 Å². The van der Waals surface area contributed by atoms with Crippen molar-refractivity contribution in [3.05, 3.63) is 0 Å². The van der Waals surface area contributed by atoms with Crippen LogP contribution in [0.1, 0.15) is 13.8 Å². The van der Waals surface area contributed by atoms with Crippen LogP contribution in [0.2, 0.25) is 0 Å². The monoisotopic (exact) mass is 235 g/mol. The van der Waals surface area contributed by atoms with Gasteiger partial charge in [-0.2, -0.15) is 0 Å². The summed E-state index contributed by atoms with van der Waals surface area (Å²) in [7, 11) is 0. The van der Waals surface area contributed by atoms with E-state index in [0.717, 1.165) is 0 Å². The van der Waals surface area contributed by atoms with E-state index >= 15 is 0 Å². The molecule has 0 radical (unpaired) electrons. The third-order valence-corrected chi connectivity index (χ3v) is 3.28. The van der Waals surface area contributed by atoms with Crippen LogP contribution < -0.4 is 0 Å². The van der Waals surface area contributed by atoms with Crippen LogP contribution in [0.25, 0.3) is 0 Å². The van der Waals surface area contributed by atoms with Crippen LogP contribution in [-0.2, 0) is 9.53 Å². The van der Waals surface area contributed by atoms with Crippen molar-refractivity contribution in [3.63, 3.8) is 0 Å². The van der Waals surface area contributed by atoms with E-state index in [-0.39, 0.29) is 24.4 Å². The van der Waals surface area contributed by atoms with Gasteiger partial charge in [0.25, 0.3) is 0 Å². The average Bonchev–Trinajstić information content (AvgIpc) is 2.28. The standard InChI is InChI=1S/C10H18ClNO3/c1-10(2,7-11)9(14)12-3-4-15-6-8(12)5-13/h8,13H,3-7H2,1-2H3. The predicted molar refractivity (Wildman–Crippen MR) is 57.9 cm³/mol. The second-order valence-electron chi connectivity index (χ2n) is 4.43. The van der Waals surface area contributed by atoms with Crippen molar-refractivity contribution in [1.82, 2.24) is 4.90 Å². The minimum absolute atomic E-state index is 0.0140. The zero-order valence-electron chi connectivity index (χ0n) is 9.20. The Morgan fingerprint density at radius 1 is 1.67 bits per heavy atom. The number of nitrogens with zero attached hydrogens (tertiary/aromatic N) is 1. The summed E-state index contributed by atoms with van der Waals surface area (Å²) in [5.41, 5.74) is -0.577. The minimum atomic E-state index is -0.577. The summed E-state index contributed by atoms with van der Waals surface area (Å²) in [6.07, 6.45) is 0. The fourth-order valence-corrected chi connectivity index (χ4v) is 1.63.